The number of aromatic nitrogens is 2. The number of rotatable bonds is 3. The molecule has 1 saturated carbocycles. The van der Waals surface area contributed by atoms with E-state index < -0.39 is 12.0 Å². The molecule has 0 radical (unpaired) electrons. The fourth-order valence-electron chi connectivity index (χ4n) is 3.16. The third-order valence-corrected chi connectivity index (χ3v) is 4.59. The van der Waals surface area contributed by atoms with Crippen LogP contribution in [0.15, 0.2) is 0 Å². The molecule has 104 valence electrons. The molecule has 2 aliphatic rings. The molecule has 2 fully saturated rings. The van der Waals surface area contributed by atoms with Crippen LogP contribution >= 0.6 is 11.5 Å². The average molecular weight is 291 g/mol. The zero-order valence-corrected chi connectivity index (χ0v) is 10.8. The van der Waals surface area contributed by atoms with Crippen molar-refractivity contribution in [2.24, 2.45) is 11.3 Å². The molecule has 1 aliphatic carbocycles. The Balaban J connectivity index is 1.52. The van der Waals surface area contributed by atoms with Crippen LogP contribution in [-0.2, 0) is 17.4 Å². The van der Waals surface area contributed by atoms with Crippen molar-refractivity contribution in [1.29, 1.82) is 0 Å². The molecule has 1 amide bonds. The summed E-state index contributed by atoms with van der Waals surface area (Å²) in [5.74, 6) is -0.653. The zero-order valence-electron chi connectivity index (χ0n) is 9.98. The number of hydrogen-bond acceptors (Lipinski definition) is 4. The van der Waals surface area contributed by atoms with Gasteiger partial charge in [0.25, 0.3) is 0 Å². The summed E-state index contributed by atoms with van der Waals surface area (Å²) in [6, 6.07) is 0. The average Bonchev–Trinajstić information content (AvgIpc) is 2.67. The highest BCUT2D eigenvalue weighted by atomic mass is 32.1. The highest BCUT2D eigenvalue weighted by Gasteiger charge is 2.52. The fraction of sp³-hybridized carbons (Fsp3) is 0.727. The van der Waals surface area contributed by atoms with Gasteiger partial charge in [0, 0.05) is 24.9 Å². The summed E-state index contributed by atoms with van der Waals surface area (Å²) in [6.07, 6.45) is -1.10. The van der Waals surface area contributed by atoms with Crippen molar-refractivity contribution in [3.63, 3.8) is 0 Å². The Bertz CT molecular complexity index is 488. The maximum atomic E-state index is 12.3. The van der Waals surface area contributed by atoms with E-state index in [-0.39, 0.29) is 5.41 Å². The Kier molecular flexibility index (Phi) is 2.81. The van der Waals surface area contributed by atoms with Crippen molar-refractivity contribution in [3.05, 3.63) is 10.8 Å². The van der Waals surface area contributed by atoms with Crippen LogP contribution < -0.4 is 0 Å². The smallest absolute Gasteiger partial charge is 0.344 e. The Morgan fingerprint density at radius 2 is 2.11 bits per heavy atom. The van der Waals surface area contributed by atoms with Crippen LogP contribution in [0.25, 0.3) is 0 Å². The number of halogens is 3. The molecule has 1 aromatic heterocycles. The lowest BCUT2D eigenvalue weighted by atomic mass is 9.57. The SMILES string of the molecule is O=CN1CC2(CC(Cc3nc(C(F)(F)F)ns3)C2)C1. The number of alkyl halides is 3. The number of hydrogen-bond donors (Lipinski definition) is 0. The van der Waals surface area contributed by atoms with E-state index in [1.165, 1.54) is 0 Å². The Morgan fingerprint density at radius 1 is 1.42 bits per heavy atom. The van der Waals surface area contributed by atoms with Crippen molar-refractivity contribution in [1.82, 2.24) is 14.3 Å². The van der Waals surface area contributed by atoms with Crippen molar-refractivity contribution in [2.75, 3.05) is 13.1 Å². The molecule has 1 spiro atoms. The summed E-state index contributed by atoms with van der Waals surface area (Å²) in [5, 5.41) is 0.457. The van der Waals surface area contributed by atoms with E-state index in [4.69, 9.17) is 0 Å². The summed E-state index contributed by atoms with van der Waals surface area (Å²) >= 11 is 0.837. The minimum Gasteiger partial charge on any atom is -0.344 e. The molecule has 0 N–H and O–H groups in total. The van der Waals surface area contributed by atoms with Gasteiger partial charge in [0.15, 0.2) is 0 Å². The van der Waals surface area contributed by atoms with Crippen molar-refractivity contribution in [2.45, 2.75) is 25.4 Å². The number of carbonyl (C=O) groups is 1. The van der Waals surface area contributed by atoms with Crippen LogP contribution in [0, 0.1) is 11.3 Å². The molecule has 0 unspecified atom stereocenters. The molecular weight excluding hydrogens is 279 g/mol. The molecule has 2 heterocycles. The van der Waals surface area contributed by atoms with E-state index >= 15 is 0 Å². The highest BCUT2D eigenvalue weighted by Crippen LogP contribution is 2.52. The van der Waals surface area contributed by atoms with Crippen LogP contribution in [0.3, 0.4) is 0 Å². The predicted octanol–water partition coefficient (Wildman–Crippen LogP) is 1.97. The van der Waals surface area contributed by atoms with Crippen LogP contribution in [0.1, 0.15) is 23.7 Å². The molecule has 0 bridgehead atoms. The standard InChI is InChI=1S/C11H12F3N3OS/c12-11(13,14)9-15-8(19-16-9)1-7-2-10(3-7)4-17(5-10)6-18/h6-7H,1-5H2. The molecule has 1 aromatic rings. The van der Waals surface area contributed by atoms with Gasteiger partial charge in [-0.15, -0.1) is 0 Å². The Labute approximate surface area is 111 Å². The van der Waals surface area contributed by atoms with E-state index in [1.807, 2.05) is 0 Å². The monoisotopic (exact) mass is 291 g/mol. The van der Waals surface area contributed by atoms with E-state index in [0.29, 0.717) is 17.3 Å². The number of nitrogens with zero attached hydrogens (tertiary/aromatic N) is 3. The van der Waals surface area contributed by atoms with Gasteiger partial charge in [-0.3, -0.25) is 4.79 Å². The number of carbonyl (C=O) groups excluding carboxylic acids is 1. The van der Waals surface area contributed by atoms with Gasteiger partial charge >= 0.3 is 6.18 Å². The van der Waals surface area contributed by atoms with Gasteiger partial charge in [0.2, 0.25) is 12.2 Å². The van der Waals surface area contributed by atoms with Gasteiger partial charge in [-0.05, 0) is 30.3 Å². The Morgan fingerprint density at radius 3 is 2.63 bits per heavy atom. The van der Waals surface area contributed by atoms with Gasteiger partial charge in [-0.1, -0.05) is 0 Å². The second kappa shape index (κ2) is 4.16. The zero-order chi connectivity index (χ0) is 13.7. The molecular formula is C11H12F3N3OS. The van der Waals surface area contributed by atoms with Gasteiger partial charge in [0.1, 0.15) is 5.01 Å². The Hall–Kier alpha value is -1.18. The third-order valence-electron chi connectivity index (χ3n) is 3.85. The quantitative estimate of drug-likeness (QED) is 0.800. The largest absolute Gasteiger partial charge is 0.452 e. The van der Waals surface area contributed by atoms with Gasteiger partial charge in [-0.25, -0.2) is 4.98 Å². The molecule has 1 aliphatic heterocycles. The van der Waals surface area contributed by atoms with Gasteiger partial charge in [0.05, 0.1) is 0 Å². The normalized spacial score (nSPS) is 22.2. The van der Waals surface area contributed by atoms with Gasteiger partial charge < -0.3 is 4.90 Å². The first kappa shape index (κ1) is 12.8. The molecule has 0 atom stereocenters. The lowest BCUT2D eigenvalue weighted by Crippen LogP contribution is -2.61. The molecule has 19 heavy (non-hydrogen) atoms. The first-order valence-corrected chi connectivity index (χ1v) is 6.77. The fourth-order valence-corrected chi connectivity index (χ4v) is 3.93. The summed E-state index contributed by atoms with van der Waals surface area (Å²) in [5.41, 5.74) is 0.239. The molecule has 0 aromatic carbocycles. The van der Waals surface area contributed by atoms with Crippen molar-refractivity contribution in [3.8, 4) is 0 Å². The van der Waals surface area contributed by atoms with Gasteiger partial charge in [-0.2, -0.15) is 17.5 Å². The molecule has 3 rings (SSSR count). The van der Waals surface area contributed by atoms with E-state index in [0.717, 1.165) is 43.9 Å². The summed E-state index contributed by atoms with van der Waals surface area (Å²) in [7, 11) is 0. The van der Waals surface area contributed by atoms with Crippen LogP contribution in [0.5, 0.6) is 0 Å². The molecule has 4 nitrogen and oxygen atoms in total. The van der Waals surface area contributed by atoms with Crippen LogP contribution in [-0.4, -0.2) is 33.8 Å². The molecule has 8 heteroatoms. The summed E-state index contributed by atoms with van der Waals surface area (Å²) in [6.45, 7) is 1.58. The van der Waals surface area contributed by atoms with Crippen molar-refractivity contribution < 1.29 is 18.0 Å². The second-order valence-corrected chi connectivity index (χ2v) is 6.33. The highest BCUT2D eigenvalue weighted by molar-refractivity contribution is 7.05. The number of amides is 1. The second-order valence-electron chi connectivity index (χ2n) is 5.50. The lowest BCUT2D eigenvalue weighted by Gasteiger charge is -2.58. The van der Waals surface area contributed by atoms with E-state index in [9.17, 15) is 18.0 Å². The summed E-state index contributed by atoms with van der Waals surface area (Å²) in [4.78, 5) is 15.8. The minimum absolute atomic E-state index is 0.239. The van der Waals surface area contributed by atoms with E-state index in [1.54, 1.807) is 4.90 Å². The lowest BCUT2D eigenvalue weighted by molar-refractivity contribution is -0.144. The predicted molar refractivity (Wildman–Crippen MR) is 61.4 cm³/mol. The first-order valence-electron chi connectivity index (χ1n) is 5.99. The maximum absolute atomic E-state index is 12.3. The third kappa shape index (κ3) is 2.33. The summed E-state index contributed by atoms with van der Waals surface area (Å²) < 4.78 is 40.4. The number of likely N-dealkylation sites (tertiary alicyclic amines) is 1. The maximum Gasteiger partial charge on any atom is 0.452 e. The van der Waals surface area contributed by atoms with Crippen LogP contribution in [0.4, 0.5) is 13.2 Å². The topological polar surface area (TPSA) is 46.1 Å². The molecule has 1 saturated heterocycles. The van der Waals surface area contributed by atoms with Crippen molar-refractivity contribution >= 4 is 17.9 Å². The van der Waals surface area contributed by atoms with Crippen LogP contribution in [0.2, 0.25) is 0 Å². The first-order chi connectivity index (χ1) is 8.90. The van der Waals surface area contributed by atoms with E-state index in [2.05, 4.69) is 9.36 Å². The minimum atomic E-state index is -4.45.